The summed E-state index contributed by atoms with van der Waals surface area (Å²) in [5.41, 5.74) is 3.31. The van der Waals surface area contributed by atoms with Gasteiger partial charge in [-0.1, -0.05) is 18.2 Å². The van der Waals surface area contributed by atoms with Crippen molar-refractivity contribution in [2.45, 2.75) is 27.1 Å². The SMILES string of the molecule is CCn1c(C)nc2cc(C(=O)N=Nc3c(O)n(C[NH+]4CCOCC4)c4ccccc34)ccc21. The van der Waals surface area contributed by atoms with Crippen LogP contribution in [0.2, 0.25) is 0 Å². The summed E-state index contributed by atoms with van der Waals surface area (Å²) in [5, 5.41) is 19.9. The fraction of sp³-hybridized carbons (Fsp3) is 0.333. The number of quaternary nitrogens is 1. The number of nitrogens with zero attached hydrogens (tertiary/aromatic N) is 5. The molecular formula is C24H27N6O3+. The summed E-state index contributed by atoms with van der Waals surface area (Å²) in [6.07, 6.45) is 0. The van der Waals surface area contributed by atoms with Gasteiger partial charge in [0.1, 0.15) is 18.9 Å². The number of imidazole rings is 1. The topological polar surface area (TPSA) is 98.4 Å². The van der Waals surface area contributed by atoms with E-state index in [0.29, 0.717) is 31.1 Å². The van der Waals surface area contributed by atoms with Crippen LogP contribution in [0.3, 0.4) is 0 Å². The molecule has 4 aromatic rings. The van der Waals surface area contributed by atoms with Crippen LogP contribution >= 0.6 is 0 Å². The number of rotatable bonds is 5. The lowest BCUT2D eigenvalue weighted by Gasteiger charge is -2.24. The van der Waals surface area contributed by atoms with E-state index in [2.05, 4.69) is 26.7 Å². The molecule has 1 saturated heterocycles. The number of ether oxygens (including phenoxy) is 1. The lowest BCUT2D eigenvalue weighted by molar-refractivity contribution is -0.930. The fourth-order valence-corrected chi connectivity index (χ4v) is 4.51. The van der Waals surface area contributed by atoms with Crippen molar-refractivity contribution in [2.75, 3.05) is 26.3 Å². The van der Waals surface area contributed by atoms with Gasteiger partial charge in [-0.05, 0) is 38.1 Å². The maximum atomic E-state index is 12.8. The first-order valence-electron chi connectivity index (χ1n) is 11.2. The zero-order valence-corrected chi connectivity index (χ0v) is 18.8. The Labute approximate surface area is 190 Å². The Hall–Kier alpha value is -3.56. The molecule has 2 N–H and O–H groups in total. The highest BCUT2D eigenvalue weighted by Gasteiger charge is 2.22. The number of azo groups is 1. The first-order valence-corrected chi connectivity index (χ1v) is 11.2. The molecule has 1 amide bonds. The second-order valence-electron chi connectivity index (χ2n) is 8.25. The van der Waals surface area contributed by atoms with E-state index in [1.807, 2.05) is 41.8 Å². The van der Waals surface area contributed by atoms with Gasteiger partial charge in [0, 0.05) is 17.5 Å². The van der Waals surface area contributed by atoms with Crippen LogP contribution in [0.4, 0.5) is 5.69 Å². The van der Waals surface area contributed by atoms with Gasteiger partial charge >= 0.3 is 0 Å². The molecule has 0 radical (unpaired) electrons. The minimum atomic E-state index is -0.476. The molecular weight excluding hydrogens is 420 g/mol. The number of aryl methyl sites for hydroxylation is 2. The van der Waals surface area contributed by atoms with E-state index >= 15 is 0 Å². The van der Waals surface area contributed by atoms with Gasteiger partial charge in [0.2, 0.25) is 5.88 Å². The highest BCUT2D eigenvalue weighted by atomic mass is 16.5. The van der Waals surface area contributed by atoms with Crippen LogP contribution in [0.25, 0.3) is 21.9 Å². The maximum Gasteiger partial charge on any atom is 0.295 e. The molecule has 1 aliphatic rings. The van der Waals surface area contributed by atoms with Crippen LogP contribution in [-0.2, 0) is 18.0 Å². The largest absolute Gasteiger partial charge is 0.493 e. The molecule has 2 aromatic heterocycles. The van der Waals surface area contributed by atoms with Gasteiger partial charge in [-0.2, -0.15) is 0 Å². The molecule has 5 rings (SSSR count). The van der Waals surface area contributed by atoms with E-state index < -0.39 is 5.91 Å². The average Bonchev–Trinajstić information content (AvgIpc) is 3.30. The summed E-state index contributed by atoms with van der Waals surface area (Å²) >= 11 is 0. The Kier molecular flexibility index (Phi) is 5.65. The van der Waals surface area contributed by atoms with Crippen molar-refractivity contribution in [2.24, 2.45) is 10.2 Å². The number of hydrogen-bond acceptors (Lipinski definition) is 5. The Morgan fingerprint density at radius 2 is 1.94 bits per heavy atom. The summed E-state index contributed by atoms with van der Waals surface area (Å²) in [4.78, 5) is 18.6. The zero-order valence-electron chi connectivity index (χ0n) is 18.8. The Bertz CT molecular complexity index is 1360. The normalized spacial score (nSPS) is 15.2. The molecule has 9 heteroatoms. The minimum Gasteiger partial charge on any atom is -0.493 e. The number of aromatic nitrogens is 3. The highest BCUT2D eigenvalue weighted by Crippen LogP contribution is 2.38. The molecule has 1 aliphatic heterocycles. The lowest BCUT2D eigenvalue weighted by Crippen LogP contribution is -3.13. The average molecular weight is 448 g/mol. The molecule has 9 nitrogen and oxygen atoms in total. The van der Waals surface area contributed by atoms with Crippen molar-refractivity contribution in [3.05, 3.63) is 53.9 Å². The van der Waals surface area contributed by atoms with Crippen molar-refractivity contribution in [3.8, 4) is 5.88 Å². The predicted octanol–water partition coefficient (Wildman–Crippen LogP) is 2.82. The summed E-state index contributed by atoms with van der Waals surface area (Å²) in [5.74, 6) is 0.439. The van der Waals surface area contributed by atoms with E-state index in [1.165, 1.54) is 4.90 Å². The van der Waals surface area contributed by atoms with Crippen molar-refractivity contribution in [1.82, 2.24) is 14.1 Å². The van der Waals surface area contributed by atoms with Crippen molar-refractivity contribution >= 4 is 33.5 Å². The molecule has 0 aliphatic carbocycles. The monoisotopic (exact) mass is 447 g/mol. The number of hydrogen-bond donors (Lipinski definition) is 2. The molecule has 3 heterocycles. The molecule has 0 unspecified atom stereocenters. The van der Waals surface area contributed by atoms with Gasteiger partial charge in [0.25, 0.3) is 5.91 Å². The smallest absolute Gasteiger partial charge is 0.295 e. The standard InChI is InChI=1S/C24H26N6O3/c1-3-29-16(2)25-19-14-17(8-9-21(19)29)23(31)27-26-22-18-6-4-5-7-20(18)30(24(22)32)15-28-10-12-33-13-11-28/h4-9,14,32H,3,10-13,15H2,1-2H3/p+1. The zero-order chi connectivity index (χ0) is 22.9. The third-order valence-electron chi connectivity index (χ3n) is 6.24. The predicted molar refractivity (Wildman–Crippen MR) is 124 cm³/mol. The second-order valence-corrected chi connectivity index (χ2v) is 8.25. The molecule has 33 heavy (non-hydrogen) atoms. The number of aromatic hydroxyl groups is 1. The van der Waals surface area contributed by atoms with E-state index in [0.717, 1.165) is 47.4 Å². The van der Waals surface area contributed by atoms with E-state index in [-0.39, 0.29) is 5.88 Å². The van der Waals surface area contributed by atoms with Crippen LogP contribution in [-0.4, -0.2) is 51.4 Å². The molecule has 0 atom stereocenters. The van der Waals surface area contributed by atoms with Crippen LogP contribution in [0, 0.1) is 6.92 Å². The van der Waals surface area contributed by atoms with Crippen molar-refractivity contribution in [1.29, 1.82) is 0 Å². The minimum absolute atomic E-state index is 0.0134. The Morgan fingerprint density at radius 1 is 1.15 bits per heavy atom. The van der Waals surface area contributed by atoms with Crippen LogP contribution < -0.4 is 4.90 Å². The fourth-order valence-electron chi connectivity index (χ4n) is 4.51. The first kappa shape index (κ1) is 21.3. The maximum absolute atomic E-state index is 12.8. The number of carbonyl (C=O) groups excluding carboxylic acids is 1. The number of benzene rings is 2. The Balaban J connectivity index is 1.46. The molecule has 1 fully saturated rings. The van der Waals surface area contributed by atoms with Crippen LogP contribution in [0.1, 0.15) is 23.1 Å². The summed E-state index contributed by atoms with van der Waals surface area (Å²) in [7, 11) is 0. The second kappa shape index (κ2) is 8.76. The molecule has 0 bridgehead atoms. The van der Waals surface area contributed by atoms with Gasteiger partial charge in [-0.15, -0.1) is 10.2 Å². The third kappa shape index (κ3) is 3.90. The number of carbonyl (C=O) groups is 1. The van der Waals surface area contributed by atoms with Gasteiger partial charge in [0.05, 0.1) is 29.8 Å². The molecule has 2 aromatic carbocycles. The summed E-state index contributed by atoms with van der Waals surface area (Å²) in [6.45, 7) is 8.56. The van der Waals surface area contributed by atoms with Gasteiger partial charge in [-0.25, -0.2) is 4.98 Å². The molecule has 170 valence electrons. The quantitative estimate of drug-likeness (QED) is 0.460. The number of para-hydroxylation sites is 1. The first-order chi connectivity index (χ1) is 16.1. The number of morpholine rings is 1. The highest BCUT2D eigenvalue weighted by molar-refractivity contribution is 5.99. The van der Waals surface area contributed by atoms with Gasteiger partial charge in [0.15, 0.2) is 12.4 Å². The Morgan fingerprint density at radius 3 is 2.73 bits per heavy atom. The third-order valence-corrected chi connectivity index (χ3v) is 6.24. The van der Waals surface area contributed by atoms with Crippen LogP contribution in [0.5, 0.6) is 5.88 Å². The van der Waals surface area contributed by atoms with Crippen LogP contribution in [0.15, 0.2) is 52.7 Å². The number of fused-ring (bicyclic) bond motifs is 2. The number of nitrogens with one attached hydrogen (secondary N) is 1. The van der Waals surface area contributed by atoms with E-state index in [4.69, 9.17) is 4.74 Å². The lowest BCUT2D eigenvalue weighted by atomic mass is 10.2. The summed E-state index contributed by atoms with van der Waals surface area (Å²) < 4.78 is 9.36. The number of amides is 1. The van der Waals surface area contributed by atoms with Crippen molar-refractivity contribution in [3.63, 3.8) is 0 Å². The summed E-state index contributed by atoms with van der Waals surface area (Å²) in [6, 6.07) is 13.0. The van der Waals surface area contributed by atoms with Gasteiger partial charge < -0.3 is 19.3 Å². The van der Waals surface area contributed by atoms with Crippen molar-refractivity contribution < 1.29 is 19.5 Å². The van der Waals surface area contributed by atoms with E-state index in [1.54, 1.807) is 12.1 Å². The van der Waals surface area contributed by atoms with Gasteiger partial charge in [-0.3, -0.25) is 9.36 Å². The molecule has 0 spiro atoms. The molecule has 0 saturated carbocycles. The van der Waals surface area contributed by atoms with E-state index in [9.17, 15) is 9.90 Å².